The maximum atomic E-state index is 14.1. The topological polar surface area (TPSA) is 26.0 Å². The van der Waals surface area contributed by atoms with Crippen molar-refractivity contribution in [2.24, 2.45) is 0 Å². The normalized spacial score (nSPS) is 16.0. The van der Waals surface area contributed by atoms with Gasteiger partial charge in [0.1, 0.15) is 0 Å². The van der Waals surface area contributed by atoms with Crippen LogP contribution in [0.15, 0.2) is 23.1 Å². The van der Waals surface area contributed by atoms with E-state index in [0.29, 0.717) is 12.1 Å². The number of nitrogen functional groups attached to an aromatic ring is 1. The Balaban J connectivity index is 3.39. The summed E-state index contributed by atoms with van der Waals surface area (Å²) in [6, 6.07) is 2.27. The van der Waals surface area contributed by atoms with Crippen molar-refractivity contribution in [2.75, 3.05) is 12.0 Å². The number of hydrogen-bond donors (Lipinski definition) is 1. The van der Waals surface area contributed by atoms with Crippen molar-refractivity contribution in [3.63, 3.8) is 0 Å². The van der Waals surface area contributed by atoms with Crippen molar-refractivity contribution in [1.82, 2.24) is 0 Å². The SMILES string of the molecule is CSc1cc(C(F)(CC(F)(F)F)C(F)(F)F)ccc1N. The van der Waals surface area contributed by atoms with Gasteiger partial charge in [-0.3, -0.25) is 0 Å². The number of hydrogen-bond acceptors (Lipinski definition) is 2. The first kappa shape index (κ1) is 16.9. The summed E-state index contributed by atoms with van der Waals surface area (Å²) in [4.78, 5) is 0.0796. The first-order valence-corrected chi connectivity index (χ1v) is 6.39. The average molecular weight is 321 g/mol. The standard InChI is InChI=1S/C11H10F7NS/c1-20-8-4-6(2-3-7(8)19)9(12,11(16,17)18)5-10(13,14)15/h2-4H,5,19H2,1H3. The van der Waals surface area contributed by atoms with E-state index in [1.165, 1.54) is 6.26 Å². The molecule has 9 heteroatoms. The predicted octanol–water partition coefficient (Wildman–Crippen LogP) is 4.67. The monoisotopic (exact) mass is 321 g/mol. The van der Waals surface area contributed by atoms with E-state index < -0.39 is 30.0 Å². The summed E-state index contributed by atoms with van der Waals surface area (Å²) < 4.78 is 89.1. The molecule has 0 aliphatic heterocycles. The van der Waals surface area contributed by atoms with Crippen LogP contribution in [0.3, 0.4) is 0 Å². The highest BCUT2D eigenvalue weighted by atomic mass is 32.2. The van der Waals surface area contributed by atoms with Gasteiger partial charge in [-0.15, -0.1) is 11.8 Å². The van der Waals surface area contributed by atoms with Gasteiger partial charge in [-0.25, -0.2) is 4.39 Å². The number of alkyl halides is 7. The van der Waals surface area contributed by atoms with E-state index in [-0.39, 0.29) is 10.6 Å². The van der Waals surface area contributed by atoms with Crippen LogP contribution in [0.5, 0.6) is 0 Å². The Morgan fingerprint density at radius 2 is 1.60 bits per heavy atom. The van der Waals surface area contributed by atoms with E-state index in [1.54, 1.807) is 0 Å². The molecule has 0 heterocycles. The Hall–Kier alpha value is -1.12. The van der Waals surface area contributed by atoms with Crippen molar-refractivity contribution in [1.29, 1.82) is 0 Å². The molecule has 1 aromatic carbocycles. The molecule has 20 heavy (non-hydrogen) atoms. The lowest BCUT2D eigenvalue weighted by molar-refractivity contribution is -0.273. The Kier molecular flexibility index (Phi) is 4.52. The Morgan fingerprint density at radius 1 is 1.05 bits per heavy atom. The van der Waals surface area contributed by atoms with Crippen LogP contribution >= 0.6 is 11.8 Å². The molecule has 0 amide bonds. The third-order valence-electron chi connectivity index (χ3n) is 2.58. The molecule has 0 aliphatic rings. The fourth-order valence-corrected chi connectivity index (χ4v) is 2.15. The fraction of sp³-hybridized carbons (Fsp3) is 0.455. The van der Waals surface area contributed by atoms with Gasteiger partial charge in [0.25, 0.3) is 0 Å². The molecule has 0 aromatic heterocycles. The van der Waals surface area contributed by atoms with E-state index >= 15 is 0 Å². The van der Waals surface area contributed by atoms with Crippen molar-refractivity contribution in [2.45, 2.75) is 29.3 Å². The lowest BCUT2D eigenvalue weighted by atomic mass is 9.91. The summed E-state index contributed by atoms with van der Waals surface area (Å²) in [5.74, 6) is 0. The van der Waals surface area contributed by atoms with Crippen molar-refractivity contribution < 1.29 is 30.7 Å². The van der Waals surface area contributed by atoms with Crippen molar-refractivity contribution in [3.05, 3.63) is 23.8 Å². The van der Waals surface area contributed by atoms with Crippen LogP contribution in [-0.2, 0) is 5.67 Å². The number of benzene rings is 1. The van der Waals surface area contributed by atoms with E-state index in [9.17, 15) is 30.7 Å². The lowest BCUT2D eigenvalue weighted by Crippen LogP contribution is -2.42. The minimum Gasteiger partial charge on any atom is -0.398 e. The molecule has 114 valence electrons. The molecule has 0 aliphatic carbocycles. The van der Waals surface area contributed by atoms with E-state index in [4.69, 9.17) is 5.73 Å². The first-order valence-electron chi connectivity index (χ1n) is 5.17. The first-order chi connectivity index (χ1) is 8.90. The molecule has 0 saturated heterocycles. The minimum absolute atomic E-state index is 0.0674. The summed E-state index contributed by atoms with van der Waals surface area (Å²) in [5.41, 5.74) is -0.107. The average Bonchev–Trinajstić information content (AvgIpc) is 2.25. The molecule has 0 bridgehead atoms. The van der Waals surface area contributed by atoms with Crippen LogP contribution in [0.4, 0.5) is 36.4 Å². The maximum absolute atomic E-state index is 14.1. The van der Waals surface area contributed by atoms with Crippen molar-refractivity contribution >= 4 is 17.4 Å². The lowest BCUT2D eigenvalue weighted by Gasteiger charge is -2.29. The quantitative estimate of drug-likeness (QED) is 0.497. The Bertz CT molecular complexity index is 483. The minimum atomic E-state index is -5.69. The zero-order valence-electron chi connectivity index (χ0n) is 10.1. The van der Waals surface area contributed by atoms with Gasteiger partial charge in [0.15, 0.2) is 0 Å². The molecule has 0 fully saturated rings. The second-order valence-corrected chi connectivity index (χ2v) is 4.90. The molecule has 1 atom stereocenters. The van der Waals surface area contributed by atoms with Gasteiger partial charge in [-0.2, -0.15) is 26.3 Å². The van der Waals surface area contributed by atoms with Crippen LogP contribution in [0.1, 0.15) is 12.0 Å². The Labute approximate surface area is 114 Å². The molecular weight excluding hydrogens is 311 g/mol. The van der Waals surface area contributed by atoms with Gasteiger partial charge < -0.3 is 5.73 Å². The van der Waals surface area contributed by atoms with E-state index in [1.807, 2.05) is 0 Å². The van der Waals surface area contributed by atoms with Crippen LogP contribution < -0.4 is 5.73 Å². The highest BCUT2D eigenvalue weighted by molar-refractivity contribution is 7.98. The summed E-state index contributed by atoms with van der Waals surface area (Å²) in [7, 11) is 0. The number of rotatable bonds is 3. The molecule has 0 radical (unpaired) electrons. The zero-order chi connectivity index (χ0) is 15.8. The molecule has 1 rings (SSSR count). The highest BCUT2D eigenvalue weighted by Gasteiger charge is 2.61. The van der Waals surface area contributed by atoms with Gasteiger partial charge in [-0.1, -0.05) is 6.07 Å². The van der Waals surface area contributed by atoms with Gasteiger partial charge in [0.2, 0.25) is 5.67 Å². The largest absolute Gasteiger partial charge is 0.427 e. The summed E-state index contributed by atoms with van der Waals surface area (Å²) in [5, 5.41) is 0. The molecule has 1 aromatic rings. The number of thioether (sulfide) groups is 1. The number of nitrogens with two attached hydrogens (primary N) is 1. The highest BCUT2D eigenvalue weighted by Crippen LogP contribution is 2.50. The van der Waals surface area contributed by atoms with E-state index in [0.717, 1.165) is 17.8 Å². The van der Waals surface area contributed by atoms with Crippen LogP contribution in [0.2, 0.25) is 0 Å². The third kappa shape index (κ3) is 3.50. The Morgan fingerprint density at radius 3 is 2.00 bits per heavy atom. The molecule has 2 N–H and O–H groups in total. The smallest absolute Gasteiger partial charge is 0.398 e. The summed E-state index contributed by atoms with van der Waals surface area (Å²) in [6.45, 7) is 0. The molecule has 1 nitrogen and oxygen atoms in total. The maximum Gasteiger partial charge on any atom is 0.427 e. The number of anilines is 1. The van der Waals surface area contributed by atoms with Gasteiger partial charge >= 0.3 is 12.4 Å². The second-order valence-electron chi connectivity index (χ2n) is 4.05. The molecule has 0 saturated carbocycles. The molecule has 1 unspecified atom stereocenters. The van der Waals surface area contributed by atoms with Crippen LogP contribution in [0.25, 0.3) is 0 Å². The second kappa shape index (κ2) is 5.34. The molecule has 0 spiro atoms. The number of halogens is 7. The predicted molar refractivity (Wildman–Crippen MR) is 62.1 cm³/mol. The molecular formula is C11H10F7NS. The third-order valence-corrected chi connectivity index (χ3v) is 3.38. The summed E-state index contributed by atoms with van der Waals surface area (Å²) in [6.07, 6.45) is -12.2. The zero-order valence-corrected chi connectivity index (χ0v) is 10.9. The van der Waals surface area contributed by atoms with Gasteiger partial charge in [0.05, 0.1) is 6.42 Å². The fourth-order valence-electron chi connectivity index (χ4n) is 1.60. The summed E-state index contributed by atoms with van der Waals surface area (Å²) >= 11 is 0.914. The van der Waals surface area contributed by atoms with E-state index in [2.05, 4.69) is 0 Å². The van der Waals surface area contributed by atoms with Gasteiger partial charge in [0, 0.05) is 10.6 Å². The van der Waals surface area contributed by atoms with Crippen LogP contribution in [0, 0.1) is 0 Å². The van der Waals surface area contributed by atoms with Crippen molar-refractivity contribution in [3.8, 4) is 0 Å². The van der Waals surface area contributed by atoms with Crippen LogP contribution in [-0.4, -0.2) is 18.6 Å². The van der Waals surface area contributed by atoms with Gasteiger partial charge in [-0.05, 0) is 24.0 Å².